The summed E-state index contributed by atoms with van der Waals surface area (Å²) in [5, 5.41) is 5.53. The molecule has 0 saturated carbocycles. The van der Waals surface area contributed by atoms with Crippen molar-refractivity contribution < 1.29 is 28.7 Å². The Morgan fingerprint density at radius 3 is 2.33 bits per heavy atom. The fourth-order valence-corrected chi connectivity index (χ4v) is 2.96. The van der Waals surface area contributed by atoms with Crippen LogP contribution in [0.1, 0.15) is 37.0 Å². The van der Waals surface area contributed by atoms with Crippen LogP contribution in [0.25, 0.3) is 0 Å². The number of amides is 3. The third-order valence-electron chi connectivity index (χ3n) is 4.64. The zero-order valence-electron chi connectivity index (χ0n) is 17.4. The van der Waals surface area contributed by atoms with Gasteiger partial charge in [0.2, 0.25) is 5.91 Å². The first-order valence-corrected chi connectivity index (χ1v) is 9.74. The zero-order valence-corrected chi connectivity index (χ0v) is 17.4. The van der Waals surface area contributed by atoms with Crippen LogP contribution in [0.15, 0.2) is 35.9 Å². The van der Waals surface area contributed by atoms with Gasteiger partial charge in [-0.1, -0.05) is 0 Å². The Balaban J connectivity index is 1.83. The number of carbonyl (C=O) groups is 4. The first-order valence-electron chi connectivity index (χ1n) is 9.74. The van der Waals surface area contributed by atoms with E-state index in [2.05, 4.69) is 15.4 Å². The SMILES string of the molecule is CCOC(=O)N1CCC(NC(=O)/C=C(\C)C(=O)Nc2ccc(C(=O)OC)cc2)CC1. The Kier molecular flexibility index (Phi) is 8.40. The summed E-state index contributed by atoms with van der Waals surface area (Å²) in [7, 11) is 1.29. The number of benzene rings is 1. The van der Waals surface area contributed by atoms with Crippen molar-refractivity contribution in [2.24, 2.45) is 0 Å². The maximum absolute atomic E-state index is 12.3. The Hall–Kier alpha value is -3.36. The minimum absolute atomic E-state index is 0.0684. The van der Waals surface area contributed by atoms with Crippen LogP contribution in [-0.2, 0) is 19.1 Å². The van der Waals surface area contributed by atoms with E-state index in [-0.39, 0.29) is 23.6 Å². The van der Waals surface area contributed by atoms with E-state index >= 15 is 0 Å². The molecule has 0 bridgehead atoms. The summed E-state index contributed by atoms with van der Waals surface area (Å²) in [6.45, 7) is 4.65. The first-order chi connectivity index (χ1) is 14.3. The number of nitrogens with zero attached hydrogens (tertiary/aromatic N) is 1. The average Bonchev–Trinajstić information content (AvgIpc) is 2.74. The zero-order chi connectivity index (χ0) is 22.1. The van der Waals surface area contributed by atoms with Crippen LogP contribution in [0, 0.1) is 0 Å². The Morgan fingerprint density at radius 2 is 1.77 bits per heavy atom. The van der Waals surface area contributed by atoms with Crippen molar-refractivity contribution in [3.8, 4) is 0 Å². The van der Waals surface area contributed by atoms with Crippen LogP contribution in [0.5, 0.6) is 0 Å². The van der Waals surface area contributed by atoms with Crippen molar-refractivity contribution >= 4 is 29.6 Å². The van der Waals surface area contributed by atoms with Gasteiger partial charge < -0.3 is 25.0 Å². The molecule has 0 radical (unpaired) electrons. The van der Waals surface area contributed by atoms with E-state index in [9.17, 15) is 19.2 Å². The second kappa shape index (κ2) is 11.0. The van der Waals surface area contributed by atoms with Crippen LogP contribution >= 0.6 is 0 Å². The van der Waals surface area contributed by atoms with Crippen molar-refractivity contribution in [2.75, 3.05) is 32.1 Å². The van der Waals surface area contributed by atoms with Gasteiger partial charge in [-0.25, -0.2) is 9.59 Å². The normalized spacial score (nSPS) is 14.6. The van der Waals surface area contributed by atoms with Gasteiger partial charge in [-0.2, -0.15) is 0 Å². The molecule has 1 fully saturated rings. The van der Waals surface area contributed by atoms with E-state index in [1.54, 1.807) is 30.9 Å². The van der Waals surface area contributed by atoms with Crippen LogP contribution < -0.4 is 10.6 Å². The van der Waals surface area contributed by atoms with Crippen LogP contribution in [0.4, 0.5) is 10.5 Å². The molecule has 9 heteroatoms. The number of esters is 1. The number of carbonyl (C=O) groups excluding carboxylic acids is 4. The maximum atomic E-state index is 12.3. The number of ether oxygens (including phenoxy) is 2. The maximum Gasteiger partial charge on any atom is 0.409 e. The summed E-state index contributed by atoms with van der Waals surface area (Å²) in [6, 6.07) is 6.16. The largest absolute Gasteiger partial charge is 0.465 e. The van der Waals surface area contributed by atoms with Gasteiger partial charge in [0.05, 0.1) is 19.3 Å². The summed E-state index contributed by atoms with van der Waals surface area (Å²) >= 11 is 0. The van der Waals surface area contributed by atoms with Gasteiger partial charge in [-0.05, 0) is 51.0 Å². The van der Waals surface area contributed by atoms with Gasteiger partial charge in [-0.15, -0.1) is 0 Å². The highest BCUT2D eigenvalue weighted by Crippen LogP contribution is 2.13. The molecule has 2 N–H and O–H groups in total. The molecule has 0 unspecified atom stereocenters. The predicted octanol–water partition coefficient (Wildman–Crippen LogP) is 2.10. The minimum Gasteiger partial charge on any atom is -0.465 e. The molecule has 9 nitrogen and oxygen atoms in total. The fraction of sp³-hybridized carbons (Fsp3) is 0.429. The van der Waals surface area contributed by atoms with Gasteiger partial charge in [0.1, 0.15) is 0 Å². The number of nitrogens with one attached hydrogen (secondary N) is 2. The Morgan fingerprint density at radius 1 is 1.13 bits per heavy atom. The van der Waals surface area contributed by atoms with Gasteiger partial charge in [0, 0.05) is 36.5 Å². The monoisotopic (exact) mass is 417 g/mol. The van der Waals surface area contributed by atoms with Crippen LogP contribution in [-0.4, -0.2) is 61.6 Å². The number of hydrogen-bond acceptors (Lipinski definition) is 6. The average molecular weight is 417 g/mol. The van der Waals surface area contributed by atoms with Crippen LogP contribution in [0.2, 0.25) is 0 Å². The first kappa shape index (κ1) is 22.9. The lowest BCUT2D eigenvalue weighted by Crippen LogP contribution is -2.46. The number of anilines is 1. The Bertz CT molecular complexity index is 811. The summed E-state index contributed by atoms with van der Waals surface area (Å²) in [4.78, 5) is 49.3. The second-order valence-electron chi connectivity index (χ2n) is 6.82. The molecule has 0 aromatic heterocycles. The van der Waals surface area contributed by atoms with Gasteiger partial charge in [0.15, 0.2) is 0 Å². The molecule has 162 valence electrons. The van der Waals surface area contributed by atoms with Crippen molar-refractivity contribution in [2.45, 2.75) is 32.7 Å². The lowest BCUT2D eigenvalue weighted by atomic mass is 10.1. The molecule has 3 amide bonds. The van der Waals surface area contributed by atoms with Crippen molar-refractivity contribution in [3.05, 3.63) is 41.5 Å². The number of rotatable bonds is 6. The quantitative estimate of drug-likeness (QED) is 0.541. The van der Waals surface area contributed by atoms with E-state index in [0.29, 0.717) is 43.8 Å². The molecule has 1 aliphatic rings. The fourth-order valence-electron chi connectivity index (χ4n) is 2.96. The highest BCUT2D eigenvalue weighted by Gasteiger charge is 2.24. The van der Waals surface area contributed by atoms with Gasteiger partial charge >= 0.3 is 12.1 Å². The lowest BCUT2D eigenvalue weighted by Gasteiger charge is -2.31. The van der Waals surface area contributed by atoms with E-state index in [1.165, 1.54) is 25.3 Å². The molecular weight excluding hydrogens is 390 g/mol. The summed E-state index contributed by atoms with van der Waals surface area (Å²) in [5.41, 5.74) is 1.11. The molecule has 1 aromatic carbocycles. The number of likely N-dealkylation sites (tertiary alicyclic amines) is 1. The van der Waals surface area contributed by atoms with Gasteiger partial charge in [-0.3, -0.25) is 9.59 Å². The third kappa shape index (κ3) is 6.61. The molecule has 1 saturated heterocycles. The minimum atomic E-state index is -0.464. The Labute approximate surface area is 175 Å². The van der Waals surface area contributed by atoms with E-state index in [1.807, 2.05) is 0 Å². The standard InChI is InChI=1S/C21H27N3O6/c1-4-30-21(28)24-11-9-17(10-12-24)22-18(25)13-14(2)19(26)23-16-7-5-15(6-8-16)20(27)29-3/h5-8,13,17H,4,9-12H2,1-3H3,(H,22,25)(H,23,26)/b14-13+. The molecule has 0 atom stereocenters. The molecule has 2 rings (SSSR count). The summed E-state index contributed by atoms with van der Waals surface area (Å²) in [6.07, 6.45) is 2.15. The highest BCUT2D eigenvalue weighted by molar-refractivity contribution is 6.07. The number of hydrogen-bond donors (Lipinski definition) is 2. The molecule has 1 aromatic rings. The third-order valence-corrected chi connectivity index (χ3v) is 4.64. The molecule has 0 aliphatic carbocycles. The van der Waals surface area contributed by atoms with E-state index in [0.717, 1.165) is 0 Å². The van der Waals surface area contributed by atoms with Crippen molar-refractivity contribution in [3.63, 3.8) is 0 Å². The van der Waals surface area contributed by atoms with E-state index < -0.39 is 11.9 Å². The molecule has 1 aliphatic heterocycles. The topological polar surface area (TPSA) is 114 Å². The summed E-state index contributed by atoms with van der Waals surface area (Å²) < 4.78 is 9.60. The summed E-state index contributed by atoms with van der Waals surface area (Å²) in [5.74, 6) is -1.25. The van der Waals surface area contributed by atoms with Crippen molar-refractivity contribution in [1.82, 2.24) is 10.2 Å². The smallest absolute Gasteiger partial charge is 0.409 e. The second-order valence-corrected chi connectivity index (χ2v) is 6.82. The molecule has 0 spiro atoms. The van der Waals surface area contributed by atoms with Crippen molar-refractivity contribution in [1.29, 1.82) is 0 Å². The lowest BCUT2D eigenvalue weighted by molar-refractivity contribution is -0.118. The number of piperidine rings is 1. The van der Waals surface area contributed by atoms with Crippen LogP contribution in [0.3, 0.4) is 0 Å². The highest BCUT2D eigenvalue weighted by atomic mass is 16.6. The predicted molar refractivity (Wildman–Crippen MR) is 110 cm³/mol. The molecule has 1 heterocycles. The number of methoxy groups -OCH3 is 1. The van der Waals surface area contributed by atoms with E-state index in [4.69, 9.17) is 4.74 Å². The van der Waals surface area contributed by atoms with Gasteiger partial charge in [0.25, 0.3) is 5.91 Å². The molecule has 30 heavy (non-hydrogen) atoms. The molecular formula is C21H27N3O6.